The summed E-state index contributed by atoms with van der Waals surface area (Å²) in [6.45, 7) is 6.89. The van der Waals surface area contributed by atoms with Crippen molar-refractivity contribution in [2.75, 3.05) is 13.1 Å². The number of allylic oxidation sites excluding steroid dienone is 1. The lowest BCUT2D eigenvalue weighted by molar-refractivity contribution is -0.127. The standard InChI is InChI=1S/C19H25F2N3O3/c1-6-24(7-2)17(25)14-12(5)22-19(26)23-15(14)13-8-10(3)16(11(4)9-13)27-18(20)21/h8-9,15,18H,6-7H2,1-5H3,(H2,22,23,26)/t15-/m0/s1. The number of amides is 3. The van der Waals surface area contributed by atoms with Gasteiger partial charge in [-0.1, -0.05) is 0 Å². The van der Waals surface area contributed by atoms with Crippen LogP contribution in [0, 0.1) is 13.8 Å². The second-order valence-electron chi connectivity index (χ2n) is 6.41. The summed E-state index contributed by atoms with van der Waals surface area (Å²) >= 11 is 0. The maximum Gasteiger partial charge on any atom is 0.387 e. The molecule has 1 aliphatic rings. The molecule has 0 aliphatic carbocycles. The Morgan fingerprint density at radius 2 is 1.74 bits per heavy atom. The van der Waals surface area contributed by atoms with E-state index in [1.165, 1.54) is 0 Å². The Morgan fingerprint density at radius 3 is 2.22 bits per heavy atom. The van der Waals surface area contributed by atoms with Crippen LogP contribution in [0.15, 0.2) is 23.4 Å². The Bertz CT molecular complexity index is 750. The van der Waals surface area contributed by atoms with Gasteiger partial charge in [0.1, 0.15) is 5.75 Å². The molecule has 1 heterocycles. The van der Waals surface area contributed by atoms with Gasteiger partial charge in [0, 0.05) is 18.8 Å². The monoisotopic (exact) mass is 381 g/mol. The highest BCUT2D eigenvalue weighted by atomic mass is 19.3. The van der Waals surface area contributed by atoms with Gasteiger partial charge >= 0.3 is 12.6 Å². The van der Waals surface area contributed by atoms with Crippen molar-refractivity contribution in [3.05, 3.63) is 40.1 Å². The molecule has 1 aromatic rings. The molecule has 1 aliphatic heterocycles. The molecule has 0 saturated heterocycles. The summed E-state index contributed by atoms with van der Waals surface area (Å²) in [5.74, 6) is -0.0791. The van der Waals surface area contributed by atoms with Crippen LogP contribution in [0.1, 0.15) is 43.5 Å². The molecule has 3 amide bonds. The molecule has 0 unspecified atom stereocenters. The molecule has 0 radical (unpaired) electrons. The number of halogens is 2. The maximum atomic E-state index is 13.0. The van der Waals surface area contributed by atoms with Gasteiger partial charge in [-0.15, -0.1) is 0 Å². The van der Waals surface area contributed by atoms with Crippen LogP contribution in [0.5, 0.6) is 5.75 Å². The predicted octanol–water partition coefficient (Wildman–Crippen LogP) is 3.40. The van der Waals surface area contributed by atoms with Crippen molar-refractivity contribution < 1.29 is 23.1 Å². The molecule has 0 spiro atoms. The number of alkyl halides is 2. The number of hydrogen-bond donors (Lipinski definition) is 2. The first kappa shape index (κ1) is 20.7. The highest BCUT2D eigenvalue weighted by molar-refractivity contribution is 5.98. The van der Waals surface area contributed by atoms with Crippen LogP contribution >= 0.6 is 0 Å². The molecular formula is C19H25F2N3O3. The molecular weight excluding hydrogens is 356 g/mol. The molecule has 27 heavy (non-hydrogen) atoms. The van der Waals surface area contributed by atoms with Gasteiger partial charge in [-0.3, -0.25) is 4.79 Å². The predicted molar refractivity (Wildman–Crippen MR) is 97.6 cm³/mol. The minimum atomic E-state index is -2.92. The van der Waals surface area contributed by atoms with E-state index in [1.807, 2.05) is 13.8 Å². The van der Waals surface area contributed by atoms with E-state index in [4.69, 9.17) is 0 Å². The third-order valence-corrected chi connectivity index (χ3v) is 4.57. The van der Waals surface area contributed by atoms with Gasteiger partial charge in [0.05, 0.1) is 11.6 Å². The van der Waals surface area contributed by atoms with Crippen LogP contribution in [0.25, 0.3) is 0 Å². The van der Waals surface area contributed by atoms with Gasteiger partial charge < -0.3 is 20.3 Å². The van der Waals surface area contributed by atoms with E-state index in [0.29, 0.717) is 41.1 Å². The maximum absolute atomic E-state index is 13.0. The summed E-state index contributed by atoms with van der Waals surface area (Å²) < 4.78 is 29.8. The Balaban J connectivity index is 2.52. The molecule has 148 valence electrons. The number of likely N-dealkylation sites (N-methyl/N-ethyl adjacent to an activating group) is 1. The minimum Gasteiger partial charge on any atom is -0.434 e. The smallest absolute Gasteiger partial charge is 0.387 e. The van der Waals surface area contributed by atoms with Crippen LogP contribution in [0.2, 0.25) is 0 Å². The summed E-state index contributed by atoms with van der Waals surface area (Å²) in [5, 5.41) is 5.41. The fourth-order valence-electron chi connectivity index (χ4n) is 3.33. The van der Waals surface area contributed by atoms with Gasteiger partial charge in [-0.05, 0) is 63.4 Å². The van der Waals surface area contributed by atoms with Crippen molar-refractivity contribution in [2.24, 2.45) is 0 Å². The molecule has 1 atom stereocenters. The van der Waals surface area contributed by atoms with E-state index in [2.05, 4.69) is 15.4 Å². The molecule has 8 heteroatoms. The third-order valence-electron chi connectivity index (χ3n) is 4.57. The van der Waals surface area contributed by atoms with Gasteiger partial charge in [-0.2, -0.15) is 8.78 Å². The van der Waals surface area contributed by atoms with E-state index in [1.54, 1.807) is 37.8 Å². The zero-order chi connectivity index (χ0) is 20.3. The van der Waals surface area contributed by atoms with Gasteiger partial charge in [0.25, 0.3) is 5.91 Å². The molecule has 0 saturated carbocycles. The third kappa shape index (κ3) is 4.37. The number of carbonyl (C=O) groups is 2. The molecule has 0 bridgehead atoms. The van der Waals surface area contributed by atoms with Crippen molar-refractivity contribution in [2.45, 2.75) is 47.3 Å². The number of aryl methyl sites for hydroxylation is 2. The second-order valence-corrected chi connectivity index (χ2v) is 6.41. The lowest BCUT2D eigenvalue weighted by atomic mass is 9.91. The van der Waals surface area contributed by atoms with Crippen LogP contribution in [-0.4, -0.2) is 36.5 Å². The van der Waals surface area contributed by atoms with Crippen molar-refractivity contribution in [3.8, 4) is 5.75 Å². The SMILES string of the molecule is CCN(CC)C(=O)C1=C(C)NC(=O)N[C@H]1c1cc(C)c(OC(F)F)c(C)c1. The minimum absolute atomic E-state index is 0.103. The van der Waals surface area contributed by atoms with E-state index < -0.39 is 18.7 Å². The van der Waals surface area contributed by atoms with Crippen LogP contribution < -0.4 is 15.4 Å². The molecule has 2 rings (SSSR count). The summed E-state index contributed by atoms with van der Waals surface area (Å²) in [7, 11) is 0. The Morgan fingerprint density at radius 1 is 1.19 bits per heavy atom. The van der Waals surface area contributed by atoms with Gasteiger partial charge in [0.2, 0.25) is 0 Å². The van der Waals surface area contributed by atoms with Crippen molar-refractivity contribution in [1.29, 1.82) is 0 Å². The summed E-state index contributed by atoms with van der Waals surface area (Å²) in [6, 6.07) is 2.22. The number of nitrogens with zero attached hydrogens (tertiary/aromatic N) is 1. The first-order chi connectivity index (χ1) is 12.7. The van der Waals surface area contributed by atoms with Crippen LogP contribution in [-0.2, 0) is 4.79 Å². The molecule has 6 nitrogen and oxygen atoms in total. The topological polar surface area (TPSA) is 70.7 Å². The Hall–Kier alpha value is -2.64. The molecule has 2 N–H and O–H groups in total. The number of urea groups is 1. The molecule has 0 fully saturated rings. The second kappa shape index (κ2) is 8.37. The van der Waals surface area contributed by atoms with E-state index in [0.717, 1.165) is 0 Å². The number of nitrogens with one attached hydrogen (secondary N) is 2. The van der Waals surface area contributed by atoms with E-state index >= 15 is 0 Å². The van der Waals surface area contributed by atoms with E-state index in [-0.39, 0.29) is 11.7 Å². The normalized spacial score (nSPS) is 16.9. The zero-order valence-corrected chi connectivity index (χ0v) is 16.2. The average Bonchev–Trinajstić information content (AvgIpc) is 2.58. The lowest BCUT2D eigenvalue weighted by Crippen LogP contribution is -2.47. The van der Waals surface area contributed by atoms with Crippen molar-refractivity contribution in [1.82, 2.24) is 15.5 Å². The average molecular weight is 381 g/mol. The first-order valence-electron chi connectivity index (χ1n) is 8.83. The fraction of sp³-hybridized carbons (Fsp3) is 0.474. The number of carbonyl (C=O) groups excluding carboxylic acids is 2. The summed E-state index contributed by atoms with van der Waals surface area (Å²) in [4.78, 5) is 26.7. The van der Waals surface area contributed by atoms with Crippen LogP contribution in [0.3, 0.4) is 0 Å². The number of benzene rings is 1. The van der Waals surface area contributed by atoms with Crippen molar-refractivity contribution in [3.63, 3.8) is 0 Å². The fourth-order valence-corrected chi connectivity index (χ4v) is 3.33. The van der Waals surface area contributed by atoms with E-state index in [9.17, 15) is 18.4 Å². The molecule has 1 aromatic carbocycles. The number of rotatable bonds is 6. The van der Waals surface area contributed by atoms with Crippen molar-refractivity contribution >= 4 is 11.9 Å². The largest absolute Gasteiger partial charge is 0.434 e. The lowest BCUT2D eigenvalue weighted by Gasteiger charge is -2.32. The van der Waals surface area contributed by atoms with Gasteiger partial charge in [0.15, 0.2) is 0 Å². The highest BCUT2D eigenvalue weighted by Crippen LogP contribution is 2.33. The van der Waals surface area contributed by atoms with Gasteiger partial charge in [-0.25, -0.2) is 4.79 Å². The Labute approximate surface area is 157 Å². The highest BCUT2D eigenvalue weighted by Gasteiger charge is 2.33. The Kier molecular flexibility index (Phi) is 6.41. The summed E-state index contributed by atoms with van der Waals surface area (Å²) in [5.41, 5.74) is 2.55. The van der Waals surface area contributed by atoms with Crippen LogP contribution in [0.4, 0.5) is 13.6 Å². The quantitative estimate of drug-likeness (QED) is 0.793. The molecule has 0 aromatic heterocycles. The zero-order valence-electron chi connectivity index (χ0n) is 16.2. The first-order valence-corrected chi connectivity index (χ1v) is 8.83. The summed E-state index contributed by atoms with van der Waals surface area (Å²) in [6.07, 6.45) is 0. The number of ether oxygens (including phenoxy) is 1. The number of hydrogen-bond acceptors (Lipinski definition) is 3.